The van der Waals surface area contributed by atoms with Crippen LogP contribution in [0.15, 0.2) is 52.9 Å². The SMILES string of the molecule is O=C(O)c1ccc(Cl)c(NCc2ccc(-c3cc(Cl)ccc3Cl)o2)c1. The first-order valence-corrected chi connectivity index (χ1v) is 8.38. The van der Waals surface area contributed by atoms with Crippen molar-refractivity contribution >= 4 is 46.5 Å². The molecule has 7 heteroatoms. The normalized spacial score (nSPS) is 10.7. The fourth-order valence-electron chi connectivity index (χ4n) is 2.28. The molecule has 2 aromatic carbocycles. The molecule has 0 radical (unpaired) electrons. The molecule has 0 aliphatic heterocycles. The molecule has 0 aliphatic carbocycles. The number of carboxylic acid groups (broad SMARTS) is 1. The highest BCUT2D eigenvalue weighted by molar-refractivity contribution is 6.35. The Morgan fingerprint density at radius 3 is 2.52 bits per heavy atom. The summed E-state index contributed by atoms with van der Waals surface area (Å²) in [5, 5.41) is 13.6. The number of hydrogen-bond donors (Lipinski definition) is 2. The van der Waals surface area contributed by atoms with Gasteiger partial charge in [-0.15, -0.1) is 0 Å². The Morgan fingerprint density at radius 2 is 1.76 bits per heavy atom. The van der Waals surface area contributed by atoms with Gasteiger partial charge in [-0.05, 0) is 48.5 Å². The van der Waals surface area contributed by atoms with Gasteiger partial charge in [0.05, 0.1) is 27.8 Å². The summed E-state index contributed by atoms with van der Waals surface area (Å²) in [6.07, 6.45) is 0. The van der Waals surface area contributed by atoms with Gasteiger partial charge in [0, 0.05) is 10.6 Å². The second-order valence-electron chi connectivity index (χ2n) is 5.24. The van der Waals surface area contributed by atoms with E-state index >= 15 is 0 Å². The number of anilines is 1. The lowest BCUT2D eigenvalue weighted by atomic mass is 10.2. The van der Waals surface area contributed by atoms with E-state index in [1.54, 1.807) is 30.3 Å². The summed E-state index contributed by atoms with van der Waals surface area (Å²) in [6.45, 7) is 0.334. The molecule has 0 spiro atoms. The summed E-state index contributed by atoms with van der Waals surface area (Å²) in [5.74, 6) is 0.216. The van der Waals surface area contributed by atoms with Crippen molar-refractivity contribution in [3.8, 4) is 11.3 Å². The zero-order valence-electron chi connectivity index (χ0n) is 12.7. The quantitative estimate of drug-likeness (QED) is 0.537. The third-order valence-corrected chi connectivity index (χ3v) is 4.42. The van der Waals surface area contributed by atoms with Gasteiger partial charge < -0.3 is 14.8 Å². The average Bonchev–Trinajstić information content (AvgIpc) is 3.05. The van der Waals surface area contributed by atoms with E-state index in [1.807, 2.05) is 0 Å². The topological polar surface area (TPSA) is 62.5 Å². The minimum Gasteiger partial charge on any atom is -0.478 e. The van der Waals surface area contributed by atoms with Gasteiger partial charge in [-0.1, -0.05) is 34.8 Å². The van der Waals surface area contributed by atoms with Crippen LogP contribution in [0.25, 0.3) is 11.3 Å². The fourth-order valence-corrected chi connectivity index (χ4v) is 2.85. The Morgan fingerprint density at radius 1 is 1.00 bits per heavy atom. The summed E-state index contributed by atoms with van der Waals surface area (Å²) in [6, 6.07) is 13.2. The van der Waals surface area contributed by atoms with Crippen LogP contribution < -0.4 is 5.32 Å². The van der Waals surface area contributed by atoms with Crippen molar-refractivity contribution in [2.45, 2.75) is 6.54 Å². The second-order valence-corrected chi connectivity index (χ2v) is 6.49. The van der Waals surface area contributed by atoms with Gasteiger partial charge in [-0.25, -0.2) is 4.79 Å². The van der Waals surface area contributed by atoms with Crippen LogP contribution in [0.5, 0.6) is 0 Å². The van der Waals surface area contributed by atoms with Crippen molar-refractivity contribution in [1.29, 1.82) is 0 Å². The summed E-state index contributed by atoms with van der Waals surface area (Å²) < 4.78 is 5.78. The number of carbonyl (C=O) groups is 1. The Bertz CT molecular complexity index is 937. The van der Waals surface area contributed by atoms with Crippen molar-refractivity contribution in [2.75, 3.05) is 5.32 Å². The van der Waals surface area contributed by atoms with E-state index in [1.165, 1.54) is 18.2 Å². The first-order valence-electron chi connectivity index (χ1n) is 7.25. The fraction of sp³-hybridized carbons (Fsp3) is 0.0556. The van der Waals surface area contributed by atoms with Crippen molar-refractivity contribution in [3.05, 3.63) is 74.9 Å². The third-order valence-electron chi connectivity index (χ3n) is 3.52. The van der Waals surface area contributed by atoms with Gasteiger partial charge in [-0.2, -0.15) is 0 Å². The lowest BCUT2D eigenvalue weighted by molar-refractivity contribution is 0.0697. The van der Waals surface area contributed by atoms with E-state index in [4.69, 9.17) is 44.3 Å². The van der Waals surface area contributed by atoms with Gasteiger partial charge in [0.25, 0.3) is 0 Å². The highest BCUT2D eigenvalue weighted by atomic mass is 35.5. The smallest absolute Gasteiger partial charge is 0.335 e. The molecule has 3 aromatic rings. The monoisotopic (exact) mass is 395 g/mol. The number of rotatable bonds is 5. The Hall–Kier alpha value is -2.14. The van der Waals surface area contributed by atoms with Crippen LogP contribution in [0.3, 0.4) is 0 Å². The molecule has 0 atom stereocenters. The number of hydrogen-bond acceptors (Lipinski definition) is 3. The standard InChI is InChI=1S/C18H12Cl3NO3/c19-11-2-5-14(20)13(8-11)17-6-3-12(25-17)9-22-16-7-10(18(23)24)1-4-15(16)21/h1-8,22H,9H2,(H,23,24). The van der Waals surface area contributed by atoms with Crippen molar-refractivity contribution < 1.29 is 14.3 Å². The van der Waals surface area contributed by atoms with Gasteiger partial charge in [0.2, 0.25) is 0 Å². The van der Waals surface area contributed by atoms with Crippen molar-refractivity contribution in [1.82, 2.24) is 0 Å². The molecule has 3 rings (SSSR count). The minimum atomic E-state index is -1.02. The lowest BCUT2D eigenvalue weighted by Gasteiger charge is -2.08. The van der Waals surface area contributed by atoms with E-state index in [-0.39, 0.29) is 5.56 Å². The summed E-state index contributed by atoms with van der Waals surface area (Å²) in [4.78, 5) is 11.0. The molecule has 0 fully saturated rings. The van der Waals surface area contributed by atoms with E-state index in [9.17, 15) is 4.79 Å². The van der Waals surface area contributed by atoms with E-state index in [2.05, 4.69) is 5.32 Å². The largest absolute Gasteiger partial charge is 0.478 e. The van der Waals surface area contributed by atoms with E-state index in [0.29, 0.717) is 44.4 Å². The first kappa shape index (κ1) is 17.7. The van der Waals surface area contributed by atoms with Crippen molar-refractivity contribution in [3.63, 3.8) is 0 Å². The summed E-state index contributed by atoms with van der Waals surface area (Å²) in [5.41, 5.74) is 1.37. The molecule has 0 unspecified atom stereocenters. The molecule has 128 valence electrons. The molecular formula is C18H12Cl3NO3. The number of nitrogens with one attached hydrogen (secondary N) is 1. The maximum absolute atomic E-state index is 11.0. The predicted molar refractivity (Wildman–Crippen MR) is 99.9 cm³/mol. The minimum absolute atomic E-state index is 0.151. The molecule has 2 N–H and O–H groups in total. The van der Waals surface area contributed by atoms with Gasteiger partial charge >= 0.3 is 5.97 Å². The van der Waals surface area contributed by atoms with Crippen LogP contribution in [0, 0.1) is 0 Å². The highest BCUT2D eigenvalue weighted by Crippen LogP contribution is 2.32. The molecule has 4 nitrogen and oxygen atoms in total. The molecule has 0 bridgehead atoms. The van der Waals surface area contributed by atoms with Crippen LogP contribution in [-0.4, -0.2) is 11.1 Å². The summed E-state index contributed by atoms with van der Waals surface area (Å²) in [7, 11) is 0. The molecule has 0 saturated carbocycles. The van der Waals surface area contributed by atoms with Crippen LogP contribution in [0.1, 0.15) is 16.1 Å². The molecule has 25 heavy (non-hydrogen) atoms. The molecule has 1 heterocycles. The molecular weight excluding hydrogens is 385 g/mol. The van der Waals surface area contributed by atoms with Crippen LogP contribution in [0.2, 0.25) is 15.1 Å². The van der Waals surface area contributed by atoms with Crippen molar-refractivity contribution in [2.24, 2.45) is 0 Å². The van der Waals surface area contributed by atoms with Crippen LogP contribution in [-0.2, 0) is 6.54 Å². The number of benzene rings is 2. The maximum atomic E-state index is 11.0. The predicted octanol–water partition coefficient (Wildman–Crippen LogP) is 6.22. The molecule has 0 amide bonds. The number of halogens is 3. The number of carboxylic acids is 1. The maximum Gasteiger partial charge on any atom is 0.335 e. The first-order chi connectivity index (χ1) is 11.9. The second kappa shape index (κ2) is 7.40. The summed E-state index contributed by atoms with van der Waals surface area (Å²) >= 11 is 18.3. The van der Waals surface area contributed by atoms with Gasteiger partial charge in [-0.3, -0.25) is 0 Å². The van der Waals surface area contributed by atoms with Gasteiger partial charge in [0.15, 0.2) is 0 Å². The molecule has 0 aliphatic rings. The molecule has 1 aromatic heterocycles. The highest BCUT2D eigenvalue weighted by Gasteiger charge is 2.11. The third kappa shape index (κ3) is 4.10. The zero-order valence-corrected chi connectivity index (χ0v) is 15.0. The number of furan rings is 1. The van der Waals surface area contributed by atoms with Crippen LogP contribution >= 0.6 is 34.8 Å². The lowest BCUT2D eigenvalue weighted by Crippen LogP contribution is -2.02. The average molecular weight is 397 g/mol. The van der Waals surface area contributed by atoms with E-state index < -0.39 is 5.97 Å². The Kier molecular flexibility index (Phi) is 5.23. The van der Waals surface area contributed by atoms with Gasteiger partial charge in [0.1, 0.15) is 11.5 Å². The number of aromatic carboxylic acids is 1. The van der Waals surface area contributed by atoms with E-state index in [0.717, 1.165) is 0 Å². The Balaban J connectivity index is 1.77. The zero-order chi connectivity index (χ0) is 18.0. The van der Waals surface area contributed by atoms with Crippen LogP contribution in [0.4, 0.5) is 5.69 Å². The Labute approximate surface area is 158 Å². The molecule has 0 saturated heterocycles.